The third kappa shape index (κ3) is 6.10. The molecule has 1 amide bonds. The summed E-state index contributed by atoms with van der Waals surface area (Å²) < 4.78 is 11.8. The van der Waals surface area contributed by atoms with E-state index in [-0.39, 0.29) is 16.5 Å². The van der Waals surface area contributed by atoms with Gasteiger partial charge in [0.2, 0.25) is 5.91 Å². The molecule has 1 fully saturated rings. The lowest BCUT2D eigenvalue weighted by molar-refractivity contribution is -0.158. The SMILES string of the molecule is CCSC(SCC)[C@H](NC(C)=O)[C@H]1OC(C)(C)O[C@@H]1[C@H](O)CO. The maximum absolute atomic E-state index is 11.7. The molecule has 1 aliphatic rings. The Balaban J connectivity index is 3.08. The number of nitrogens with one attached hydrogen (secondary N) is 1. The Labute approximate surface area is 147 Å². The zero-order valence-electron chi connectivity index (χ0n) is 14.4. The number of carbonyl (C=O) groups is 1. The van der Waals surface area contributed by atoms with Crippen molar-refractivity contribution in [2.24, 2.45) is 0 Å². The van der Waals surface area contributed by atoms with E-state index < -0.39 is 30.7 Å². The molecule has 4 atom stereocenters. The van der Waals surface area contributed by atoms with Gasteiger partial charge in [0.1, 0.15) is 18.3 Å². The molecule has 23 heavy (non-hydrogen) atoms. The van der Waals surface area contributed by atoms with Crippen molar-refractivity contribution in [1.82, 2.24) is 5.32 Å². The van der Waals surface area contributed by atoms with Crippen molar-refractivity contribution in [2.45, 2.75) is 69.3 Å². The van der Waals surface area contributed by atoms with Gasteiger partial charge < -0.3 is 25.0 Å². The molecule has 1 saturated heterocycles. The third-order valence-corrected chi connectivity index (χ3v) is 6.14. The van der Waals surface area contributed by atoms with Gasteiger partial charge in [-0.15, -0.1) is 23.5 Å². The van der Waals surface area contributed by atoms with E-state index >= 15 is 0 Å². The van der Waals surface area contributed by atoms with E-state index in [1.807, 2.05) is 0 Å². The second kappa shape index (κ2) is 9.48. The fourth-order valence-corrected chi connectivity index (χ4v) is 5.34. The molecule has 0 radical (unpaired) electrons. The van der Waals surface area contributed by atoms with E-state index in [0.29, 0.717) is 0 Å². The van der Waals surface area contributed by atoms with Gasteiger partial charge in [-0.2, -0.15) is 0 Å². The van der Waals surface area contributed by atoms with E-state index in [1.54, 1.807) is 37.4 Å². The van der Waals surface area contributed by atoms with Crippen molar-refractivity contribution < 1.29 is 24.5 Å². The van der Waals surface area contributed by atoms with E-state index in [1.165, 1.54) is 6.92 Å². The second-order valence-corrected chi connectivity index (χ2v) is 8.96. The van der Waals surface area contributed by atoms with Gasteiger partial charge in [0.15, 0.2) is 5.79 Å². The zero-order valence-corrected chi connectivity index (χ0v) is 16.1. The average Bonchev–Trinajstić information content (AvgIpc) is 2.79. The Morgan fingerprint density at radius 2 is 1.74 bits per heavy atom. The van der Waals surface area contributed by atoms with Crippen LogP contribution in [0.5, 0.6) is 0 Å². The molecule has 0 spiro atoms. The highest BCUT2D eigenvalue weighted by Gasteiger charge is 2.50. The maximum Gasteiger partial charge on any atom is 0.217 e. The van der Waals surface area contributed by atoms with Crippen LogP contribution >= 0.6 is 23.5 Å². The van der Waals surface area contributed by atoms with Crippen LogP contribution in [0.2, 0.25) is 0 Å². The van der Waals surface area contributed by atoms with Crippen LogP contribution in [0.1, 0.15) is 34.6 Å². The van der Waals surface area contributed by atoms with Gasteiger partial charge >= 0.3 is 0 Å². The van der Waals surface area contributed by atoms with Crippen molar-refractivity contribution in [3.05, 3.63) is 0 Å². The molecule has 0 aromatic carbocycles. The van der Waals surface area contributed by atoms with Crippen LogP contribution < -0.4 is 5.32 Å². The summed E-state index contributed by atoms with van der Waals surface area (Å²) in [5.41, 5.74) is 0. The molecule has 0 unspecified atom stereocenters. The van der Waals surface area contributed by atoms with E-state index in [0.717, 1.165) is 11.5 Å². The summed E-state index contributed by atoms with van der Waals surface area (Å²) >= 11 is 3.46. The Hall–Kier alpha value is 0.01000. The number of carbonyl (C=O) groups excluding carboxylic acids is 1. The summed E-state index contributed by atoms with van der Waals surface area (Å²) in [4.78, 5) is 11.7. The smallest absolute Gasteiger partial charge is 0.217 e. The first kappa shape index (κ1) is 21.1. The number of rotatable bonds is 9. The molecule has 8 heteroatoms. The first-order valence-corrected chi connectivity index (χ1v) is 10.00. The predicted molar refractivity (Wildman–Crippen MR) is 94.6 cm³/mol. The normalized spacial score (nSPS) is 26.3. The Morgan fingerprint density at radius 3 is 2.17 bits per heavy atom. The number of aliphatic hydroxyl groups excluding tert-OH is 2. The Kier molecular flexibility index (Phi) is 8.68. The first-order chi connectivity index (χ1) is 10.8. The van der Waals surface area contributed by atoms with Gasteiger partial charge in [-0.1, -0.05) is 13.8 Å². The highest BCUT2D eigenvalue weighted by atomic mass is 32.2. The molecule has 3 N–H and O–H groups in total. The topological polar surface area (TPSA) is 88.0 Å². The monoisotopic (exact) mass is 367 g/mol. The van der Waals surface area contributed by atoms with Crippen molar-refractivity contribution >= 4 is 29.4 Å². The molecular weight excluding hydrogens is 338 g/mol. The van der Waals surface area contributed by atoms with Gasteiger partial charge in [-0.3, -0.25) is 4.79 Å². The summed E-state index contributed by atoms with van der Waals surface area (Å²) in [6, 6.07) is -0.324. The largest absolute Gasteiger partial charge is 0.394 e. The second-order valence-electron chi connectivity index (χ2n) is 5.82. The summed E-state index contributed by atoms with van der Waals surface area (Å²) in [5.74, 6) is 0.773. The summed E-state index contributed by atoms with van der Waals surface area (Å²) in [5, 5.41) is 22.4. The van der Waals surface area contributed by atoms with Crippen LogP contribution in [-0.2, 0) is 14.3 Å². The highest BCUT2D eigenvalue weighted by molar-refractivity contribution is 8.17. The molecule has 1 aliphatic heterocycles. The van der Waals surface area contributed by atoms with Gasteiger partial charge in [0.25, 0.3) is 0 Å². The molecule has 0 aliphatic carbocycles. The first-order valence-electron chi connectivity index (χ1n) is 7.90. The van der Waals surface area contributed by atoms with Crippen LogP contribution in [0.15, 0.2) is 0 Å². The molecule has 0 bridgehead atoms. The number of thioether (sulfide) groups is 2. The fourth-order valence-electron chi connectivity index (χ4n) is 2.62. The molecule has 0 aromatic heterocycles. The quantitative estimate of drug-likeness (QED) is 0.528. The van der Waals surface area contributed by atoms with Gasteiger partial charge in [0, 0.05) is 6.92 Å². The standard InChI is InChI=1S/C15H29NO5S2/c1-6-22-14(23-7-2)11(16-9(3)18)13-12(10(19)8-17)20-15(4,5)21-13/h10-14,17,19H,6-8H2,1-5H3,(H,16,18)/t10-,11-,12-,13-/m1/s1. The number of ether oxygens (including phenoxy) is 2. The van der Waals surface area contributed by atoms with Crippen LogP contribution in [0.3, 0.4) is 0 Å². The summed E-state index contributed by atoms with van der Waals surface area (Å²) in [6.07, 6.45) is -2.28. The van der Waals surface area contributed by atoms with E-state index in [4.69, 9.17) is 9.47 Å². The van der Waals surface area contributed by atoms with Crippen LogP contribution in [-0.4, -0.2) is 69.0 Å². The van der Waals surface area contributed by atoms with Crippen molar-refractivity contribution in [1.29, 1.82) is 0 Å². The number of amides is 1. The van der Waals surface area contributed by atoms with Crippen LogP contribution in [0.25, 0.3) is 0 Å². The molecule has 6 nitrogen and oxygen atoms in total. The van der Waals surface area contributed by atoms with Crippen molar-refractivity contribution in [2.75, 3.05) is 18.1 Å². The van der Waals surface area contributed by atoms with Gasteiger partial charge in [-0.25, -0.2) is 0 Å². The van der Waals surface area contributed by atoms with Gasteiger partial charge in [0.05, 0.1) is 17.2 Å². The molecule has 1 heterocycles. The number of hydrogen-bond acceptors (Lipinski definition) is 7. The molecule has 136 valence electrons. The lowest BCUT2D eigenvalue weighted by Gasteiger charge is -2.33. The third-order valence-electron chi connectivity index (χ3n) is 3.41. The number of hydrogen-bond donors (Lipinski definition) is 3. The van der Waals surface area contributed by atoms with Gasteiger partial charge in [-0.05, 0) is 25.4 Å². The van der Waals surface area contributed by atoms with Crippen molar-refractivity contribution in [3.63, 3.8) is 0 Å². The Morgan fingerprint density at radius 1 is 1.22 bits per heavy atom. The molecular formula is C15H29NO5S2. The predicted octanol–water partition coefficient (Wildman–Crippen LogP) is 1.20. The van der Waals surface area contributed by atoms with Crippen LogP contribution in [0, 0.1) is 0 Å². The minimum absolute atomic E-state index is 0.0739. The van der Waals surface area contributed by atoms with Crippen molar-refractivity contribution in [3.8, 4) is 0 Å². The summed E-state index contributed by atoms with van der Waals surface area (Å²) in [6.45, 7) is 8.72. The lowest BCUT2D eigenvalue weighted by atomic mass is 10.0. The highest BCUT2D eigenvalue weighted by Crippen LogP contribution is 2.37. The minimum Gasteiger partial charge on any atom is -0.394 e. The molecule has 0 aromatic rings. The molecule has 1 rings (SSSR count). The lowest BCUT2D eigenvalue weighted by Crippen LogP contribution is -2.54. The number of aliphatic hydroxyl groups is 2. The van der Waals surface area contributed by atoms with E-state index in [9.17, 15) is 15.0 Å². The summed E-state index contributed by atoms with van der Waals surface area (Å²) in [7, 11) is 0. The fraction of sp³-hybridized carbons (Fsp3) is 0.933. The minimum atomic E-state index is -1.06. The molecule has 0 saturated carbocycles. The Bertz CT molecular complexity index is 377. The maximum atomic E-state index is 11.7. The average molecular weight is 368 g/mol. The van der Waals surface area contributed by atoms with Crippen LogP contribution in [0.4, 0.5) is 0 Å². The zero-order chi connectivity index (χ0) is 17.6. The van der Waals surface area contributed by atoms with E-state index in [2.05, 4.69) is 19.2 Å².